The number of anilines is 1. The minimum atomic E-state index is -0.678. The Hall–Kier alpha value is -2.64. The van der Waals surface area contributed by atoms with E-state index in [-0.39, 0.29) is 17.5 Å². The fourth-order valence-electron chi connectivity index (χ4n) is 2.30. The number of hydrogen-bond donors (Lipinski definition) is 4. The lowest BCUT2D eigenvalue weighted by atomic mass is 10.1. The molecule has 134 valence electrons. The van der Waals surface area contributed by atoms with Gasteiger partial charge in [-0.25, -0.2) is 0 Å². The summed E-state index contributed by atoms with van der Waals surface area (Å²) in [6.45, 7) is 4.82. The molecule has 0 aliphatic heterocycles. The first-order valence-electron chi connectivity index (χ1n) is 8.08. The Morgan fingerprint density at radius 3 is 2.44 bits per heavy atom. The van der Waals surface area contributed by atoms with Crippen LogP contribution in [0, 0.1) is 10.1 Å². The van der Waals surface area contributed by atoms with Crippen LogP contribution < -0.4 is 10.6 Å². The topological polar surface area (TPSA) is 108 Å². The first kappa shape index (κ1) is 18.7. The van der Waals surface area contributed by atoms with Crippen molar-refractivity contribution in [1.82, 2.24) is 5.32 Å². The van der Waals surface area contributed by atoms with E-state index in [9.17, 15) is 20.3 Å². The lowest BCUT2D eigenvalue weighted by Crippen LogP contribution is -2.27. The van der Waals surface area contributed by atoms with Crippen LogP contribution in [0.3, 0.4) is 0 Å². The number of nitrogens with zero attached hydrogens (tertiary/aromatic N) is 1. The lowest BCUT2D eigenvalue weighted by Gasteiger charge is -2.16. The van der Waals surface area contributed by atoms with Crippen LogP contribution >= 0.6 is 0 Å². The number of non-ortho nitro benzene ring substituents is 1. The predicted octanol–water partition coefficient (Wildman–Crippen LogP) is 2.94. The van der Waals surface area contributed by atoms with E-state index in [2.05, 4.69) is 10.6 Å². The van der Waals surface area contributed by atoms with Crippen LogP contribution in [0.25, 0.3) is 0 Å². The summed E-state index contributed by atoms with van der Waals surface area (Å²) in [7, 11) is 0. The highest BCUT2D eigenvalue weighted by Gasteiger charge is 2.11. The lowest BCUT2D eigenvalue weighted by molar-refractivity contribution is -0.384. The molecule has 0 radical (unpaired) electrons. The average molecular weight is 345 g/mol. The summed E-state index contributed by atoms with van der Waals surface area (Å²) in [5.41, 5.74) is 2.07. The van der Waals surface area contributed by atoms with E-state index in [1.807, 2.05) is 13.8 Å². The Kier molecular flexibility index (Phi) is 6.32. The molecule has 7 nitrogen and oxygen atoms in total. The van der Waals surface area contributed by atoms with Gasteiger partial charge in [-0.15, -0.1) is 0 Å². The standard InChI is InChI=1S/C18H23N3O4/c1-12(2)19-11-18(23)14-5-8-17(22)16(9-14)20-10-13-3-6-15(7-4-13)21(24)25/h3-9,12,18-20,22-23H,10-11H2,1-2H3. The third-order valence-electron chi connectivity index (χ3n) is 3.75. The van der Waals surface area contributed by atoms with Crippen molar-refractivity contribution in [2.45, 2.75) is 32.5 Å². The van der Waals surface area contributed by atoms with Gasteiger partial charge in [0.2, 0.25) is 0 Å². The monoisotopic (exact) mass is 345 g/mol. The van der Waals surface area contributed by atoms with E-state index in [1.54, 1.807) is 24.3 Å². The van der Waals surface area contributed by atoms with Crippen molar-refractivity contribution in [2.75, 3.05) is 11.9 Å². The number of rotatable bonds is 8. The van der Waals surface area contributed by atoms with Crippen LogP contribution in [0.1, 0.15) is 31.1 Å². The molecule has 2 rings (SSSR count). The first-order chi connectivity index (χ1) is 11.9. The number of nitrogens with one attached hydrogen (secondary N) is 2. The molecule has 0 amide bonds. The molecule has 1 atom stereocenters. The zero-order chi connectivity index (χ0) is 18.4. The molecular weight excluding hydrogens is 322 g/mol. The minimum absolute atomic E-state index is 0.0365. The molecule has 7 heteroatoms. The molecule has 1 unspecified atom stereocenters. The van der Waals surface area contributed by atoms with Gasteiger partial charge in [-0.2, -0.15) is 0 Å². The Morgan fingerprint density at radius 2 is 1.84 bits per heavy atom. The number of nitro benzene ring substituents is 1. The van der Waals surface area contributed by atoms with Crippen LogP contribution in [-0.2, 0) is 6.54 Å². The summed E-state index contributed by atoms with van der Waals surface area (Å²) in [6, 6.07) is 11.4. The maximum atomic E-state index is 10.7. The molecule has 25 heavy (non-hydrogen) atoms. The number of aromatic hydroxyl groups is 1. The van der Waals surface area contributed by atoms with Gasteiger partial charge in [0.15, 0.2) is 0 Å². The summed E-state index contributed by atoms with van der Waals surface area (Å²) in [6.07, 6.45) is -0.678. The van der Waals surface area contributed by atoms with E-state index in [0.29, 0.717) is 24.3 Å². The number of nitro groups is 1. The van der Waals surface area contributed by atoms with E-state index < -0.39 is 11.0 Å². The maximum Gasteiger partial charge on any atom is 0.269 e. The Balaban J connectivity index is 2.03. The molecule has 0 saturated heterocycles. The maximum absolute atomic E-state index is 10.7. The van der Waals surface area contributed by atoms with Gasteiger partial charge in [-0.3, -0.25) is 10.1 Å². The summed E-state index contributed by atoms with van der Waals surface area (Å²) in [5.74, 6) is 0.0784. The molecule has 0 aliphatic carbocycles. The van der Waals surface area contributed by atoms with Crippen LogP contribution in [0.15, 0.2) is 42.5 Å². The summed E-state index contributed by atoms with van der Waals surface area (Å²) < 4.78 is 0. The molecular formula is C18H23N3O4. The number of aliphatic hydroxyl groups is 1. The van der Waals surface area contributed by atoms with Crippen LogP contribution in [0.4, 0.5) is 11.4 Å². The van der Waals surface area contributed by atoms with Crippen molar-refractivity contribution in [1.29, 1.82) is 0 Å². The third kappa shape index (κ3) is 5.44. The van der Waals surface area contributed by atoms with E-state index in [1.165, 1.54) is 18.2 Å². The van der Waals surface area contributed by atoms with Crippen molar-refractivity contribution >= 4 is 11.4 Å². The van der Waals surface area contributed by atoms with Gasteiger partial charge in [0.05, 0.1) is 16.7 Å². The average Bonchev–Trinajstić information content (AvgIpc) is 2.59. The summed E-state index contributed by atoms with van der Waals surface area (Å²) in [4.78, 5) is 10.2. The van der Waals surface area contributed by atoms with Gasteiger partial charge in [0.25, 0.3) is 5.69 Å². The van der Waals surface area contributed by atoms with Gasteiger partial charge in [-0.05, 0) is 23.3 Å². The highest BCUT2D eigenvalue weighted by molar-refractivity contribution is 5.58. The van der Waals surface area contributed by atoms with Gasteiger partial charge < -0.3 is 20.8 Å². The van der Waals surface area contributed by atoms with Crippen LogP contribution in [0.5, 0.6) is 5.75 Å². The number of hydrogen-bond acceptors (Lipinski definition) is 6. The second kappa shape index (κ2) is 8.46. The third-order valence-corrected chi connectivity index (χ3v) is 3.75. The van der Waals surface area contributed by atoms with Crippen molar-refractivity contribution < 1.29 is 15.1 Å². The Morgan fingerprint density at radius 1 is 1.16 bits per heavy atom. The van der Waals surface area contributed by atoms with E-state index in [0.717, 1.165) is 5.56 Å². The van der Waals surface area contributed by atoms with Crippen molar-refractivity contribution in [3.8, 4) is 5.75 Å². The zero-order valence-corrected chi connectivity index (χ0v) is 14.3. The van der Waals surface area contributed by atoms with Crippen molar-refractivity contribution in [2.24, 2.45) is 0 Å². The fraction of sp³-hybridized carbons (Fsp3) is 0.333. The molecule has 0 aliphatic rings. The summed E-state index contributed by atoms with van der Waals surface area (Å²) >= 11 is 0. The molecule has 0 fully saturated rings. The quantitative estimate of drug-likeness (QED) is 0.333. The van der Waals surface area contributed by atoms with Gasteiger partial charge in [-0.1, -0.05) is 32.0 Å². The number of phenolic OH excluding ortho intramolecular Hbond substituents is 1. The normalized spacial score (nSPS) is 12.2. The molecule has 2 aromatic carbocycles. The van der Waals surface area contributed by atoms with Crippen LogP contribution in [0.2, 0.25) is 0 Å². The molecule has 0 spiro atoms. The Labute approximate surface area is 146 Å². The molecule has 2 aromatic rings. The first-order valence-corrected chi connectivity index (χ1v) is 8.08. The van der Waals surface area contributed by atoms with Gasteiger partial charge in [0.1, 0.15) is 5.75 Å². The summed E-state index contributed by atoms with van der Waals surface area (Å²) in [5, 5.41) is 37.1. The number of phenols is 1. The van der Waals surface area contributed by atoms with Crippen LogP contribution in [-0.4, -0.2) is 27.7 Å². The fourth-order valence-corrected chi connectivity index (χ4v) is 2.30. The second-order valence-electron chi connectivity index (χ2n) is 6.13. The Bertz CT molecular complexity index is 717. The smallest absolute Gasteiger partial charge is 0.269 e. The SMILES string of the molecule is CC(C)NCC(O)c1ccc(O)c(NCc2ccc([N+](=O)[O-])cc2)c1. The molecule has 0 heterocycles. The van der Waals surface area contributed by atoms with Gasteiger partial charge in [0, 0.05) is 31.3 Å². The molecule has 0 bridgehead atoms. The molecule has 4 N–H and O–H groups in total. The highest BCUT2D eigenvalue weighted by Crippen LogP contribution is 2.27. The van der Waals surface area contributed by atoms with Crippen molar-refractivity contribution in [3.05, 3.63) is 63.7 Å². The molecule has 0 saturated carbocycles. The zero-order valence-electron chi connectivity index (χ0n) is 14.3. The van der Waals surface area contributed by atoms with E-state index >= 15 is 0 Å². The minimum Gasteiger partial charge on any atom is -0.506 e. The highest BCUT2D eigenvalue weighted by atomic mass is 16.6. The largest absolute Gasteiger partial charge is 0.506 e. The van der Waals surface area contributed by atoms with E-state index in [4.69, 9.17) is 0 Å². The number of aliphatic hydroxyl groups excluding tert-OH is 1. The second-order valence-corrected chi connectivity index (χ2v) is 6.13. The molecule has 0 aromatic heterocycles. The number of benzene rings is 2. The predicted molar refractivity (Wildman–Crippen MR) is 96.6 cm³/mol. The van der Waals surface area contributed by atoms with Crippen molar-refractivity contribution in [3.63, 3.8) is 0 Å². The van der Waals surface area contributed by atoms with Gasteiger partial charge >= 0.3 is 0 Å².